The third-order valence-corrected chi connectivity index (χ3v) is 3.42. The second kappa shape index (κ2) is 6.97. The molecule has 122 valence electrons. The minimum absolute atomic E-state index is 0.399. The molecule has 0 atom stereocenters. The van der Waals surface area contributed by atoms with Gasteiger partial charge < -0.3 is 15.0 Å². The van der Waals surface area contributed by atoms with E-state index in [2.05, 4.69) is 37.7 Å². The van der Waals surface area contributed by atoms with Crippen molar-refractivity contribution in [2.45, 2.75) is 0 Å². The van der Waals surface area contributed by atoms with E-state index in [4.69, 9.17) is 17.0 Å². The number of fused-ring (bicyclic) bond motifs is 1. The summed E-state index contributed by atoms with van der Waals surface area (Å²) in [4.78, 5) is 11.6. The van der Waals surface area contributed by atoms with Gasteiger partial charge in [-0.25, -0.2) is 9.97 Å². The van der Waals surface area contributed by atoms with E-state index in [0.29, 0.717) is 22.3 Å². The number of aromatic nitrogens is 3. The van der Waals surface area contributed by atoms with Crippen molar-refractivity contribution in [3.8, 4) is 5.75 Å². The third-order valence-electron chi connectivity index (χ3n) is 3.22. The van der Waals surface area contributed by atoms with Gasteiger partial charge in [0.25, 0.3) is 0 Å². The standard InChI is InChI=1S/C16H16N6OS/c1-10(14-19-13-4-3-9-17-15(13)20-14)21-22-16(24)18-11-5-7-12(23-2)8-6-11/h3-9,21H,1H2,2H3,(H,17,19,20)(H2,18,22,24). The molecule has 0 spiro atoms. The molecular weight excluding hydrogens is 324 g/mol. The first-order valence-electron chi connectivity index (χ1n) is 7.13. The SMILES string of the molecule is C=C(NNC(=S)Nc1ccc(OC)cc1)c1nc2ncccc2[nH]1. The van der Waals surface area contributed by atoms with Crippen molar-refractivity contribution >= 4 is 39.9 Å². The Morgan fingerprint density at radius 2 is 2.00 bits per heavy atom. The van der Waals surface area contributed by atoms with Crippen molar-refractivity contribution in [1.29, 1.82) is 0 Å². The molecule has 2 aromatic heterocycles. The van der Waals surface area contributed by atoms with Gasteiger partial charge in [0.2, 0.25) is 0 Å². The van der Waals surface area contributed by atoms with Crippen LogP contribution in [0.3, 0.4) is 0 Å². The lowest BCUT2D eigenvalue weighted by molar-refractivity contribution is 0.415. The predicted octanol–water partition coefficient (Wildman–Crippen LogP) is 2.43. The van der Waals surface area contributed by atoms with Crippen LogP contribution < -0.4 is 20.9 Å². The Bertz CT molecular complexity index is 841. The molecule has 0 aliphatic rings. The van der Waals surface area contributed by atoms with Crippen molar-refractivity contribution in [3.63, 3.8) is 0 Å². The molecule has 2 heterocycles. The lowest BCUT2D eigenvalue weighted by Gasteiger charge is -2.13. The highest BCUT2D eigenvalue weighted by atomic mass is 32.1. The normalized spacial score (nSPS) is 10.2. The topological polar surface area (TPSA) is 86.9 Å². The van der Waals surface area contributed by atoms with Crippen LogP contribution in [0.5, 0.6) is 5.75 Å². The van der Waals surface area contributed by atoms with E-state index in [1.54, 1.807) is 13.3 Å². The predicted molar refractivity (Wildman–Crippen MR) is 98.4 cm³/mol. The summed E-state index contributed by atoms with van der Waals surface area (Å²) in [7, 11) is 1.62. The van der Waals surface area contributed by atoms with Crippen LogP contribution in [-0.4, -0.2) is 27.2 Å². The molecule has 0 bridgehead atoms. The number of methoxy groups -OCH3 is 1. The van der Waals surface area contributed by atoms with Gasteiger partial charge in [0, 0.05) is 11.9 Å². The average Bonchev–Trinajstić information content (AvgIpc) is 3.04. The molecule has 0 saturated carbocycles. The number of hydrogen-bond acceptors (Lipinski definition) is 5. The number of pyridine rings is 1. The van der Waals surface area contributed by atoms with Crippen LogP contribution >= 0.6 is 12.2 Å². The summed E-state index contributed by atoms with van der Waals surface area (Å²) in [6.45, 7) is 3.92. The Kier molecular flexibility index (Phi) is 4.57. The molecule has 3 aromatic rings. The fourth-order valence-corrected chi connectivity index (χ4v) is 2.18. The van der Waals surface area contributed by atoms with Crippen molar-refractivity contribution in [2.24, 2.45) is 0 Å². The number of hydrazine groups is 1. The van der Waals surface area contributed by atoms with E-state index >= 15 is 0 Å². The fraction of sp³-hybridized carbons (Fsp3) is 0.0625. The number of nitrogens with one attached hydrogen (secondary N) is 4. The summed E-state index contributed by atoms with van der Waals surface area (Å²) in [5.41, 5.74) is 8.63. The molecule has 3 rings (SSSR count). The smallest absolute Gasteiger partial charge is 0.189 e. The van der Waals surface area contributed by atoms with Gasteiger partial charge in [-0.15, -0.1) is 0 Å². The third kappa shape index (κ3) is 3.61. The summed E-state index contributed by atoms with van der Waals surface area (Å²) >= 11 is 5.23. The van der Waals surface area contributed by atoms with E-state index in [-0.39, 0.29) is 0 Å². The van der Waals surface area contributed by atoms with E-state index in [0.717, 1.165) is 17.0 Å². The van der Waals surface area contributed by atoms with Crippen LogP contribution in [-0.2, 0) is 0 Å². The number of aromatic amines is 1. The largest absolute Gasteiger partial charge is 0.497 e. The van der Waals surface area contributed by atoms with E-state index in [1.165, 1.54) is 0 Å². The lowest BCUT2D eigenvalue weighted by atomic mass is 10.3. The van der Waals surface area contributed by atoms with Gasteiger partial charge in [-0.05, 0) is 48.6 Å². The minimum Gasteiger partial charge on any atom is -0.497 e. The molecule has 4 N–H and O–H groups in total. The monoisotopic (exact) mass is 340 g/mol. The Balaban J connectivity index is 1.55. The zero-order chi connectivity index (χ0) is 16.9. The summed E-state index contributed by atoms with van der Waals surface area (Å²) in [6.07, 6.45) is 1.69. The molecule has 0 aliphatic carbocycles. The first-order valence-corrected chi connectivity index (χ1v) is 7.53. The van der Waals surface area contributed by atoms with Gasteiger partial charge in [-0.3, -0.25) is 10.9 Å². The van der Waals surface area contributed by atoms with Crippen LogP contribution in [0.25, 0.3) is 16.9 Å². The zero-order valence-corrected chi connectivity index (χ0v) is 13.8. The van der Waals surface area contributed by atoms with Crippen LogP contribution in [0.15, 0.2) is 49.2 Å². The zero-order valence-electron chi connectivity index (χ0n) is 13.0. The molecular formula is C16H16N6OS. The molecule has 24 heavy (non-hydrogen) atoms. The Hall–Kier alpha value is -3.13. The molecule has 0 amide bonds. The molecule has 0 radical (unpaired) electrons. The maximum Gasteiger partial charge on any atom is 0.189 e. The highest BCUT2D eigenvalue weighted by Gasteiger charge is 2.07. The number of imidazole rings is 1. The molecule has 8 heteroatoms. The van der Waals surface area contributed by atoms with E-state index in [9.17, 15) is 0 Å². The van der Waals surface area contributed by atoms with Gasteiger partial charge in [-0.2, -0.15) is 0 Å². The van der Waals surface area contributed by atoms with Crippen molar-refractivity contribution in [2.75, 3.05) is 12.4 Å². The average molecular weight is 340 g/mol. The van der Waals surface area contributed by atoms with Gasteiger partial charge in [-0.1, -0.05) is 6.58 Å². The van der Waals surface area contributed by atoms with E-state index < -0.39 is 0 Å². The quantitative estimate of drug-likeness (QED) is 0.419. The summed E-state index contributed by atoms with van der Waals surface area (Å²) < 4.78 is 5.11. The second-order valence-electron chi connectivity index (χ2n) is 4.87. The second-order valence-corrected chi connectivity index (χ2v) is 5.28. The maximum atomic E-state index is 5.23. The molecule has 7 nitrogen and oxygen atoms in total. The van der Waals surface area contributed by atoms with E-state index in [1.807, 2.05) is 36.4 Å². The fourth-order valence-electron chi connectivity index (χ4n) is 2.02. The Morgan fingerprint density at radius 1 is 1.21 bits per heavy atom. The number of rotatable bonds is 5. The number of thiocarbonyl (C=S) groups is 1. The van der Waals surface area contributed by atoms with Crippen LogP contribution in [0.1, 0.15) is 5.82 Å². The molecule has 0 saturated heterocycles. The van der Waals surface area contributed by atoms with Gasteiger partial charge in [0.05, 0.1) is 18.3 Å². The number of hydrogen-bond donors (Lipinski definition) is 4. The van der Waals surface area contributed by atoms with Crippen molar-refractivity contribution in [3.05, 3.63) is 55.0 Å². The molecule has 0 aliphatic heterocycles. The Morgan fingerprint density at radius 3 is 2.71 bits per heavy atom. The van der Waals surface area contributed by atoms with Crippen molar-refractivity contribution in [1.82, 2.24) is 25.8 Å². The summed E-state index contributed by atoms with van der Waals surface area (Å²) in [5.74, 6) is 1.37. The van der Waals surface area contributed by atoms with Gasteiger partial charge >= 0.3 is 0 Å². The minimum atomic E-state index is 0.399. The number of benzene rings is 1. The highest BCUT2D eigenvalue weighted by Crippen LogP contribution is 2.15. The number of ether oxygens (including phenoxy) is 1. The van der Waals surface area contributed by atoms with Gasteiger partial charge in [0.15, 0.2) is 16.6 Å². The summed E-state index contributed by atoms with van der Waals surface area (Å²) in [5, 5.41) is 3.44. The van der Waals surface area contributed by atoms with Crippen LogP contribution in [0.4, 0.5) is 5.69 Å². The number of H-pyrrole nitrogens is 1. The Labute approximate surface area is 144 Å². The van der Waals surface area contributed by atoms with Crippen molar-refractivity contribution < 1.29 is 4.74 Å². The highest BCUT2D eigenvalue weighted by molar-refractivity contribution is 7.80. The summed E-state index contributed by atoms with van der Waals surface area (Å²) in [6, 6.07) is 11.2. The van der Waals surface area contributed by atoms with Crippen LogP contribution in [0, 0.1) is 0 Å². The maximum absolute atomic E-state index is 5.23. The first kappa shape index (κ1) is 15.8. The molecule has 0 unspecified atom stereocenters. The van der Waals surface area contributed by atoms with Gasteiger partial charge in [0.1, 0.15) is 5.75 Å². The number of anilines is 1. The first-order chi connectivity index (χ1) is 11.7. The van der Waals surface area contributed by atoms with Crippen LogP contribution in [0.2, 0.25) is 0 Å². The number of nitrogens with zero attached hydrogens (tertiary/aromatic N) is 2. The lowest BCUT2D eigenvalue weighted by Crippen LogP contribution is -2.39. The molecule has 1 aromatic carbocycles. The molecule has 0 fully saturated rings.